The van der Waals surface area contributed by atoms with E-state index in [1.807, 2.05) is 6.92 Å². The summed E-state index contributed by atoms with van der Waals surface area (Å²) < 4.78 is 0.741. The highest BCUT2D eigenvalue weighted by Gasteiger charge is 2.24. The third-order valence-corrected chi connectivity index (χ3v) is 4.60. The lowest BCUT2D eigenvalue weighted by molar-refractivity contribution is 0.0691. The Labute approximate surface area is 116 Å². The number of aromatic hydroxyl groups is 2. The summed E-state index contributed by atoms with van der Waals surface area (Å²) >= 11 is 6.34. The Morgan fingerprint density at radius 3 is 2.24 bits per heavy atom. The van der Waals surface area contributed by atoms with Gasteiger partial charge in [-0.3, -0.25) is 0 Å². The molecular weight excluding hydrogens is 356 g/mol. The number of phenolic OH excluding ortho intramolecular Hbond substituents is 1. The molecule has 94 valence electrons. The van der Waals surface area contributed by atoms with Gasteiger partial charge in [-0.05, 0) is 50.3 Å². The lowest BCUT2D eigenvalue weighted by atomic mass is 10.0. The monoisotopic (exact) mass is 366 g/mol. The van der Waals surface area contributed by atoms with E-state index in [0.717, 1.165) is 12.8 Å². The highest BCUT2D eigenvalue weighted by molar-refractivity contribution is 9.13. The number of rotatable bonds is 4. The van der Waals surface area contributed by atoms with E-state index in [2.05, 4.69) is 31.9 Å². The molecule has 0 unspecified atom stereocenters. The first-order valence-electron chi connectivity index (χ1n) is 5.06. The molecule has 0 bridgehead atoms. The molecule has 0 spiro atoms. The molecule has 0 aliphatic rings. The minimum absolute atomic E-state index is 0.244. The Bertz CT molecular complexity index is 458. The van der Waals surface area contributed by atoms with Crippen LogP contribution in [0.4, 0.5) is 0 Å². The van der Waals surface area contributed by atoms with Crippen molar-refractivity contribution >= 4 is 37.8 Å². The maximum Gasteiger partial charge on any atom is 0.339 e. The van der Waals surface area contributed by atoms with Crippen LogP contribution in [0.2, 0.25) is 0 Å². The van der Waals surface area contributed by atoms with Crippen molar-refractivity contribution in [1.82, 2.24) is 0 Å². The zero-order valence-electron chi connectivity index (χ0n) is 9.13. The largest absolute Gasteiger partial charge is 0.504 e. The normalized spacial score (nSPS) is 10.5. The van der Waals surface area contributed by atoms with Crippen LogP contribution in [0.3, 0.4) is 0 Å². The van der Waals surface area contributed by atoms with Gasteiger partial charge in [0.15, 0.2) is 11.5 Å². The fraction of sp³-hybridized carbons (Fsp3) is 0.364. The van der Waals surface area contributed by atoms with Crippen LogP contribution in [0.5, 0.6) is 11.5 Å². The maximum atomic E-state index is 11.1. The van der Waals surface area contributed by atoms with Gasteiger partial charge in [0, 0.05) is 4.47 Å². The van der Waals surface area contributed by atoms with Crippen molar-refractivity contribution in [3.8, 4) is 11.5 Å². The zero-order chi connectivity index (χ0) is 13.2. The van der Waals surface area contributed by atoms with E-state index in [1.54, 1.807) is 0 Å². The van der Waals surface area contributed by atoms with Gasteiger partial charge in [-0.2, -0.15) is 0 Å². The fourth-order valence-corrected chi connectivity index (χ4v) is 2.54. The highest BCUT2D eigenvalue weighted by Crippen LogP contribution is 2.44. The minimum atomic E-state index is -1.25. The van der Waals surface area contributed by atoms with E-state index in [4.69, 9.17) is 5.11 Å². The summed E-state index contributed by atoms with van der Waals surface area (Å²) in [4.78, 5) is 11.1. The number of unbranched alkanes of at least 4 members (excludes halogenated alkanes) is 1. The molecule has 0 aliphatic heterocycles. The smallest absolute Gasteiger partial charge is 0.339 e. The molecule has 0 fully saturated rings. The summed E-state index contributed by atoms with van der Waals surface area (Å²) in [5, 5.41) is 28.3. The molecule has 0 saturated carbocycles. The number of carboxylic acids is 1. The molecular formula is C11H12Br2O4. The molecule has 4 nitrogen and oxygen atoms in total. The number of hydrogen-bond donors (Lipinski definition) is 3. The van der Waals surface area contributed by atoms with Gasteiger partial charge < -0.3 is 15.3 Å². The standard InChI is InChI=1S/C11H12Br2O4/c1-2-3-4-5-6(11(16)17)9(14)10(15)8(13)7(5)12/h14-15H,2-4H2,1H3,(H,16,17). The van der Waals surface area contributed by atoms with Crippen molar-refractivity contribution in [1.29, 1.82) is 0 Å². The van der Waals surface area contributed by atoms with Gasteiger partial charge in [-0.15, -0.1) is 0 Å². The number of benzene rings is 1. The van der Waals surface area contributed by atoms with Crippen molar-refractivity contribution in [3.63, 3.8) is 0 Å². The van der Waals surface area contributed by atoms with Gasteiger partial charge in [0.2, 0.25) is 0 Å². The molecule has 17 heavy (non-hydrogen) atoms. The van der Waals surface area contributed by atoms with Crippen LogP contribution < -0.4 is 0 Å². The fourth-order valence-electron chi connectivity index (χ4n) is 1.53. The zero-order valence-corrected chi connectivity index (χ0v) is 12.3. The topological polar surface area (TPSA) is 77.8 Å². The SMILES string of the molecule is CCCCc1c(Br)c(Br)c(O)c(O)c1C(=O)O. The van der Waals surface area contributed by atoms with Crippen LogP contribution >= 0.6 is 31.9 Å². The molecule has 0 amide bonds. The predicted molar refractivity (Wildman–Crippen MR) is 70.7 cm³/mol. The average Bonchev–Trinajstić information content (AvgIpc) is 2.28. The van der Waals surface area contributed by atoms with Crippen molar-refractivity contribution in [3.05, 3.63) is 20.1 Å². The summed E-state index contributed by atoms with van der Waals surface area (Å²) in [5.41, 5.74) is 0.243. The lowest BCUT2D eigenvalue weighted by Gasteiger charge is -2.13. The second kappa shape index (κ2) is 5.73. The molecule has 0 heterocycles. The van der Waals surface area contributed by atoms with E-state index >= 15 is 0 Å². The molecule has 0 atom stereocenters. The first-order valence-corrected chi connectivity index (χ1v) is 6.65. The van der Waals surface area contributed by atoms with E-state index in [-0.39, 0.29) is 10.0 Å². The first-order chi connectivity index (χ1) is 7.91. The molecule has 1 aromatic carbocycles. The van der Waals surface area contributed by atoms with E-state index in [0.29, 0.717) is 16.5 Å². The number of hydrogen-bond acceptors (Lipinski definition) is 3. The second-order valence-corrected chi connectivity index (χ2v) is 5.17. The summed E-state index contributed by atoms with van der Waals surface area (Å²) in [7, 11) is 0. The predicted octanol–water partition coefficient (Wildman–Crippen LogP) is 3.66. The quantitative estimate of drug-likeness (QED) is 0.709. The maximum absolute atomic E-state index is 11.1. The van der Waals surface area contributed by atoms with Gasteiger partial charge in [-0.25, -0.2) is 4.79 Å². The third-order valence-electron chi connectivity index (χ3n) is 2.42. The third kappa shape index (κ3) is 2.74. The van der Waals surface area contributed by atoms with Crippen LogP contribution in [-0.2, 0) is 6.42 Å². The number of carbonyl (C=O) groups is 1. The molecule has 0 aromatic heterocycles. The molecule has 1 rings (SSSR count). The molecule has 0 radical (unpaired) electrons. The molecule has 3 N–H and O–H groups in total. The summed E-state index contributed by atoms with van der Waals surface area (Å²) in [6, 6.07) is 0. The molecule has 0 saturated heterocycles. The Morgan fingerprint density at radius 2 is 1.76 bits per heavy atom. The number of halogens is 2. The van der Waals surface area contributed by atoms with Gasteiger partial charge in [0.25, 0.3) is 0 Å². The van der Waals surface area contributed by atoms with Crippen molar-refractivity contribution in [2.75, 3.05) is 0 Å². The second-order valence-electron chi connectivity index (χ2n) is 3.59. The van der Waals surface area contributed by atoms with Crippen molar-refractivity contribution in [2.24, 2.45) is 0 Å². The van der Waals surface area contributed by atoms with E-state index in [9.17, 15) is 15.0 Å². The number of carboxylic acid groups (broad SMARTS) is 1. The highest BCUT2D eigenvalue weighted by atomic mass is 79.9. The number of aromatic carboxylic acids is 1. The minimum Gasteiger partial charge on any atom is -0.504 e. The van der Waals surface area contributed by atoms with Gasteiger partial charge in [0.05, 0.1) is 4.47 Å². The van der Waals surface area contributed by atoms with Crippen molar-refractivity contribution < 1.29 is 20.1 Å². The van der Waals surface area contributed by atoms with Crippen LogP contribution in [-0.4, -0.2) is 21.3 Å². The van der Waals surface area contributed by atoms with Crippen molar-refractivity contribution in [2.45, 2.75) is 26.2 Å². The van der Waals surface area contributed by atoms with Crippen LogP contribution in [0.25, 0.3) is 0 Å². The van der Waals surface area contributed by atoms with Crippen LogP contribution in [0.1, 0.15) is 35.7 Å². The Hall–Kier alpha value is -0.750. The Balaban J connectivity index is 3.48. The summed E-state index contributed by atoms with van der Waals surface area (Å²) in [6.45, 7) is 1.99. The van der Waals surface area contributed by atoms with Gasteiger partial charge in [0.1, 0.15) is 5.56 Å². The molecule has 6 heteroatoms. The summed E-state index contributed by atoms with van der Waals surface area (Å²) in [6.07, 6.45) is 2.23. The first kappa shape index (κ1) is 14.3. The van der Waals surface area contributed by atoms with Crippen LogP contribution in [0, 0.1) is 0 Å². The molecule has 0 aliphatic carbocycles. The van der Waals surface area contributed by atoms with Gasteiger partial charge in [-0.1, -0.05) is 13.3 Å². The summed E-state index contributed by atoms with van der Waals surface area (Å²) in [5.74, 6) is -2.31. The van der Waals surface area contributed by atoms with E-state index < -0.39 is 17.5 Å². The van der Waals surface area contributed by atoms with Crippen LogP contribution in [0.15, 0.2) is 8.95 Å². The van der Waals surface area contributed by atoms with E-state index in [1.165, 1.54) is 0 Å². The average molecular weight is 368 g/mol. The molecule has 1 aromatic rings. The Kier molecular flexibility index (Phi) is 4.82. The lowest BCUT2D eigenvalue weighted by Crippen LogP contribution is -2.05. The number of phenols is 2. The van der Waals surface area contributed by atoms with Gasteiger partial charge >= 0.3 is 5.97 Å². The Morgan fingerprint density at radius 1 is 1.18 bits per heavy atom.